The number of ether oxygens (including phenoxy) is 2. The zero-order valence-electron chi connectivity index (χ0n) is 13.8. The molecule has 1 aliphatic heterocycles. The van der Waals surface area contributed by atoms with Crippen LogP contribution in [0.4, 0.5) is 0 Å². The van der Waals surface area contributed by atoms with Gasteiger partial charge in [-0.25, -0.2) is 0 Å². The molecule has 1 aliphatic carbocycles. The van der Waals surface area contributed by atoms with Gasteiger partial charge in [0.2, 0.25) is 0 Å². The molecule has 3 rings (SSSR count). The number of thioether (sulfide) groups is 1. The van der Waals surface area contributed by atoms with E-state index in [0.717, 1.165) is 49.4 Å². The Morgan fingerprint density at radius 3 is 2.83 bits per heavy atom. The van der Waals surface area contributed by atoms with E-state index in [9.17, 15) is 9.90 Å². The Hall–Kier alpha value is -0.750. The van der Waals surface area contributed by atoms with Crippen molar-refractivity contribution in [2.24, 2.45) is 5.92 Å². The normalized spacial score (nSPS) is 24.2. The number of halogens is 1. The van der Waals surface area contributed by atoms with E-state index < -0.39 is 17.7 Å². The van der Waals surface area contributed by atoms with Crippen LogP contribution in [0.25, 0.3) is 0 Å². The van der Waals surface area contributed by atoms with Crippen molar-refractivity contribution in [3.05, 3.63) is 28.8 Å². The molecule has 0 aromatic heterocycles. The largest absolute Gasteiger partial charge is 0.481 e. The summed E-state index contributed by atoms with van der Waals surface area (Å²) in [5.74, 6) is -1.51. The molecule has 1 heterocycles. The SMILES string of the molecule is CSc1ccc(C(CC2CCC3(C2)OCCCO3)C(=O)O)cc1Cl. The Labute approximate surface area is 151 Å². The van der Waals surface area contributed by atoms with Crippen molar-refractivity contribution in [3.63, 3.8) is 0 Å². The number of rotatable bonds is 5. The van der Waals surface area contributed by atoms with E-state index in [-0.39, 0.29) is 0 Å². The lowest BCUT2D eigenvalue weighted by atomic mass is 9.88. The average molecular weight is 371 g/mol. The Morgan fingerprint density at radius 2 is 2.21 bits per heavy atom. The van der Waals surface area contributed by atoms with Gasteiger partial charge >= 0.3 is 5.97 Å². The molecule has 1 N–H and O–H groups in total. The predicted octanol–water partition coefficient (Wildman–Crippen LogP) is 4.55. The van der Waals surface area contributed by atoms with Crippen LogP contribution in [-0.2, 0) is 14.3 Å². The van der Waals surface area contributed by atoms with Gasteiger partial charge in [-0.3, -0.25) is 4.79 Å². The van der Waals surface area contributed by atoms with Crippen molar-refractivity contribution in [2.75, 3.05) is 19.5 Å². The smallest absolute Gasteiger partial charge is 0.310 e. The Kier molecular flexibility index (Phi) is 5.75. The molecular weight excluding hydrogens is 348 g/mol. The molecule has 6 heteroatoms. The van der Waals surface area contributed by atoms with Crippen LogP contribution in [0.15, 0.2) is 23.1 Å². The fraction of sp³-hybridized carbons (Fsp3) is 0.611. The van der Waals surface area contributed by atoms with Crippen LogP contribution in [0, 0.1) is 5.92 Å². The number of hydrogen-bond acceptors (Lipinski definition) is 4. The first kappa shape index (κ1) is 18.1. The van der Waals surface area contributed by atoms with Crippen LogP contribution in [-0.4, -0.2) is 36.3 Å². The molecule has 2 fully saturated rings. The van der Waals surface area contributed by atoms with Crippen molar-refractivity contribution in [2.45, 2.75) is 48.7 Å². The van der Waals surface area contributed by atoms with Crippen LogP contribution in [0.5, 0.6) is 0 Å². The third-order valence-corrected chi connectivity index (χ3v) is 6.22. The zero-order valence-corrected chi connectivity index (χ0v) is 15.4. The summed E-state index contributed by atoms with van der Waals surface area (Å²) >= 11 is 7.82. The fourth-order valence-electron chi connectivity index (χ4n) is 3.76. The molecule has 0 radical (unpaired) electrons. The number of carboxylic acid groups (broad SMARTS) is 1. The van der Waals surface area contributed by atoms with Crippen molar-refractivity contribution >= 4 is 29.3 Å². The third kappa shape index (κ3) is 3.90. The Bertz CT molecular complexity index is 601. The minimum atomic E-state index is -0.797. The lowest BCUT2D eigenvalue weighted by molar-refractivity contribution is -0.263. The summed E-state index contributed by atoms with van der Waals surface area (Å²) in [6.07, 6.45) is 6.07. The van der Waals surface area contributed by atoms with Gasteiger partial charge in [-0.05, 0) is 49.1 Å². The highest BCUT2D eigenvalue weighted by Crippen LogP contribution is 2.44. The van der Waals surface area contributed by atoms with E-state index in [1.165, 1.54) is 0 Å². The number of benzene rings is 1. The molecule has 2 aliphatic rings. The molecule has 2 unspecified atom stereocenters. The highest BCUT2D eigenvalue weighted by molar-refractivity contribution is 7.98. The van der Waals surface area contributed by atoms with Crippen LogP contribution in [0.1, 0.15) is 43.6 Å². The van der Waals surface area contributed by atoms with E-state index in [4.69, 9.17) is 21.1 Å². The molecule has 132 valence electrons. The topological polar surface area (TPSA) is 55.8 Å². The number of hydrogen-bond donors (Lipinski definition) is 1. The van der Waals surface area contributed by atoms with Crippen LogP contribution < -0.4 is 0 Å². The number of carboxylic acids is 1. The van der Waals surface area contributed by atoms with E-state index in [2.05, 4.69) is 0 Å². The minimum Gasteiger partial charge on any atom is -0.481 e. The molecule has 1 aromatic rings. The maximum absolute atomic E-state index is 11.8. The van der Waals surface area contributed by atoms with E-state index in [1.54, 1.807) is 17.8 Å². The lowest BCUT2D eigenvalue weighted by Crippen LogP contribution is -2.38. The first-order chi connectivity index (χ1) is 11.5. The number of carbonyl (C=O) groups is 1. The molecule has 4 nitrogen and oxygen atoms in total. The first-order valence-electron chi connectivity index (χ1n) is 8.37. The van der Waals surface area contributed by atoms with Crippen LogP contribution in [0.2, 0.25) is 5.02 Å². The van der Waals surface area contributed by atoms with Gasteiger partial charge in [0.1, 0.15) is 0 Å². The third-order valence-electron chi connectivity index (χ3n) is 5.00. The van der Waals surface area contributed by atoms with Gasteiger partial charge in [0.05, 0.1) is 24.2 Å². The van der Waals surface area contributed by atoms with Gasteiger partial charge in [0.15, 0.2) is 5.79 Å². The Morgan fingerprint density at radius 1 is 1.46 bits per heavy atom. The highest BCUT2D eigenvalue weighted by Gasteiger charge is 2.43. The molecule has 0 bridgehead atoms. The van der Waals surface area contributed by atoms with E-state index >= 15 is 0 Å². The molecule has 1 spiro atoms. The fourth-order valence-corrected chi connectivity index (χ4v) is 4.64. The summed E-state index contributed by atoms with van der Waals surface area (Å²) in [4.78, 5) is 12.8. The summed E-state index contributed by atoms with van der Waals surface area (Å²) < 4.78 is 11.7. The van der Waals surface area contributed by atoms with E-state index in [0.29, 0.717) is 17.4 Å². The molecule has 1 aromatic carbocycles. The summed E-state index contributed by atoms with van der Waals surface area (Å²) in [5, 5.41) is 10.3. The van der Waals surface area contributed by atoms with Gasteiger partial charge in [0.25, 0.3) is 0 Å². The zero-order chi connectivity index (χ0) is 17.2. The predicted molar refractivity (Wildman–Crippen MR) is 94.8 cm³/mol. The van der Waals surface area contributed by atoms with Gasteiger partial charge in [0, 0.05) is 17.7 Å². The van der Waals surface area contributed by atoms with Crippen molar-refractivity contribution in [1.82, 2.24) is 0 Å². The second kappa shape index (κ2) is 7.65. The minimum absolute atomic E-state index is 0.295. The second-order valence-corrected chi connectivity index (χ2v) is 7.85. The molecule has 1 saturated heterocycles. The molecule has 24 heavy (non-hydrogen) atoms. The molecule has 0 amide bonds. The van der Waals surface area contributed by atoms with Crippen LogP contribution in [0.3, 0.4) is 0 Å². The Balaban J connectivity index is 1.71. The number of aliphatic carboxylic acids is 1. The van der Waals surface area contributed by atoms with Crippen LogP contribution >= 0.6 is 23.4 Å². The first-order valence-corrected chi connectivity index (χ1v) is 9.97. The van der Waals surface area contributed by atoms with Gasteiger partial charge in [-0.1, -0.05) is 17.7 Å². The van der Waals surface area contributed by atoms with Gasteiger partial charge < -0.3 is 14.6 Å². The molecule has 1 saturated carbocycles. The van der Waals surface area contributed by atoms with Crippen molar-refractivity contribution in [1.29, 1.82) is 0 Å². The standard InChI is InChI=1S/C18H23ClO4S/c1-24-16-4-3-13(10-15(16)19)14(17(20)21)9-12-5-6-18(11-12)22-7-2-8-23-18/h3-4,10,12,14H,2,5-9,11H2,1H3,(H,20,21). The lowest BCUT2D eigenvalue weighted by Gasteiger charge is -2.34. The molecule has 2 atom stereocenters. The van der Waals surface area contributed by atoms with Gasteiger partial charge in [-0.2, -0.15) is 0 Å². The highest BCUT2D eigenvalue weighted by atomic mass is 35.5. The van der Waals surface area contributed by atoms with Gasteiger partial charge in [-0.15, -0.1) is 11.8 Å². The quantitative estimate of drug-likeness (QED) is 0.770. The maximum atomic E-state index is 11.8. The summed E-state index contributed by atoms with van der Waals surface area (Å²) in [6, 6.07) is 5.58. The molecular formula is C18H23ClO4S. The summed E-state index contributed by atoms with van der Waals surface area (Å²) in [6.45, 7) is 1.47. The van der Waals surface area contributed by atoms with Crippen molar-refractivity contribution in [3.8, 4) is 0 Å². The monoisotopic (exact) mass is 370 g/mol. The second-order valence-electron chi connectivity index (χ2n) is 6.59. The summed E-state index contributed by atoms with van der Waals surface area (Å²) in [7, 11) is 0. The van der Waals surface area contributed by atoms with Crippen molar-refractivity contribution < 1.29 is 19.4 Å². The van der Waals surface area contributed by atoms with E-state index in [1.807, 2.05) is 18.4 Å². The maximum Gasteiger partial charge on any atom is 0.310 e. The summed E-state index contributed by atoms with van der Waals surface area (Å²) in [5.41, 5.74) is 0.775. The average Bonchev–Trinajstić information content (AvgIpc) is 2.95.